The van der Waals surface area contributed by atoms with Crippen molar-refractivity contribution in [1.29, 1.82) is 5.26 Å². The van der Waals surface area contributed by atoms with E-state index in [1.165, 1.54) is 11.1 Å². The van der Waals surface area contributed by atoms with Gasteiger partial charge >= 0.3 is 0 Å². The molecule has 110 valence electrons. The minimum absolute atomic E-state index is 0.0954. The largest absolute Gasteiger partial charge is 0.341 e. The molecule has 0 N–H and O–H groups in total. The number of aryl methyl sites for hydroxylation is 1. The summed E-state index contributed by atoms with van der Waals surface area (Å²) < 4.78 is 0. The van der Waals surface area contributed by atoms with Crippen LogP contribution >= 0.6 is 0 Å². The normalized spacial score (nSPS) is 27.0. The molecule has 21 heavy (non-hydrogen) atoms. The van der Waals surface area contributed by atoms with Crippen molar-refractivity contribution >= 4 is 5.91 Å². The highest BCUT2D eigenvalue weighted by atomic mass is 16.2. The maximum absolute atomic E-state index is 12.8. The molecule has 3 nitrogen and oxygen atoms in total. The molecule has 3 heteroatoms. The zero-order chi connectivity index (χ0) is 15.0. The molecule has 1 aromatic carbocycles. The second-order valence-electron chi connectivity index (χ2n) is 6.36. The molecule has 0 radical (unpaired) electrons. The average molecular weight is 282 g/mol. The monoisotopic (exact) mass is 282 g/mol. The van der Waals surface area contributed by atoms with Crippen LogP contribution in [0.3, 0.4) is 0 Å². The van der Waals surface area contributed by atoms with E-state index in [1.54, 1.807) is 0 Å². The van der Waals surface area contributed by atoms with Crippen molar-refractivity contribution in [3.63, 3.8) is 0 Å². The van der Waals surface area contributed by atoms with Gasteiger partial charge < -0.3 is 4.90 Å². The Labute approximate surface area is 126 Å². The van der Waals surface area contributed by atoms with Crippen molar-refractivity contribution in [3.05, 3.63) is 35.4 Å². The van der Waals surface area contributed by atoms with Crippen LogP contribution in [-0.4, -0.2) is 23.9 Å². The molecule has 0 aromatic heterocycles. The van der Waals surface area contributed by atoms with Gasteiger partial charge in [0.1, 0.15) is 0 Å². The summed E-state index contributed by atoms with van der Waals surface area (Å²) in [4.78, 5) is 14.7. The number of amides is 1. The van der Waals surface area contributed by atoms with Gasteiger partial charge in [0, 0.05) is 19.0 Å². The molecule has 0 heterocycles. The number of rotatable bonds is 4. The van der Waals surface area contributed by atoms with Crippen LogP contribution < -0.4 is 0 Å². The van der Waals surface area contributed by atoms with Gasteiger partial charge in [0.05, 0.1) is 12.0 Å². The second-order valence-corrected chi connectivity index (χ2v) is 6.36. The summed E-state index contributed by atoms with van der Waals surface area (Å²) in [5, 5.41) is 8.96. The number of benzene rings is 1. The fraction of sp³-hybridized carbons (Fsp3) is 0.556. The summed E-state index contributed by atoms with van der Waals surface area (Å²) in [7, 11) is 0. The van der Waals surface area contributed by atoms with E-state index >= 15 is 0 Å². The Balaban J connectivity index is 1.75. The Kier molecular flexibility index (Phi) is 3.71. The Bertz CT molecular complexity index is 589. The zero-order valence-electron chi connectivity index (χ0n) is 12.7. The number of carbonyl (C=O) groups is 1. The van der Waals surface area contributed by atoms with E-state index < -0.39 is 0 Å². The van der Waals surface area contributed by atoms with Crippen LogP contribution in [0.1, 0.15) is 37.3 Å². The van der Waals surface area contributed by atoms with Crippen molar-refractivity contribution in [3.8, 4) is 6.07 Å². The van der Waals surface area contributed by atoms with Crippen molar-refractivity contribution < 1.29 is 4.79 Å². The van der Waals surface area contributed by atoms with Gasteiger partial charge in [-0.2, -0.15) is 5.26 Å². The van der Waals surface area contributed by atoms with E-state index in [2.05, 4.69) is 30.3 Å². The van der Waals surface area contributed by atoms with E-state index in [9.17, 15) is 4.79 Å². The minimum atomic E-state index is -0.0954. The van der Waals surface area contributed by atoms with Gasteiger partial charge in [0.25, 0.3) is 0 Å². The zero-order valence-corrected chi connectivity index (χ0v) is 12.7. The Morgan fingerprint density at radius 1 is 1.48 bits per heavy atom. The fourth-order valence-electron chi connectivity index (χ4n) is 3.86. The maximum atomic E-state index is 12.8. The van der Waals surface area contributed by atoms with Gasteiger partial charge in [-0.1, -0.05) is 24.3 Å². The standard InChI is InChI=1S/C18H22N2O/c1-3-20(11-12(2)10-19)18(21)17-15-9-8-13-6-4-5-7-14(13)16(15)17/h4-7,12,15-17H,3,8-9,11H2,1-2H3. The third-order valence-corrected chi connectivity index (χ3v) is 5.02. The third-order valence-electron chi connectivity index (χ3n) is 5.02. The average Bonchev–Trinajstić information content (AvgIpc) is 3.26. The summed E-state index contributed by atoms with van der Waals surface area (Å²) in [5.41, 5.74) is 2.80. The second kappa shape index (κ2) is 5.52. The number of hydrogen-bond donors (Lipinski definition) is 0. The highest BCUT2D eigenvalue weighted by molar-refractivity contribution is 5.84. The molecule has 2 aliphatic rings. The smallest absolute Gasteiger partial charge is 0.226 e. The SMILES string of the molecule is CCN(CC(C)C#N)C(=O)C1C2CCc3ccccc3C21. The molecule has 4 atom stereocenters. The number of hydrogen-bond acceptors (Lipinski definition) is 2. The Hall–Kier alpha value is -1.82. The van der Waals surface area contributed by atoms with Crippen LogP contribution in [0.4, 0.5) is 0 Å². The summed E-state index contributed by atoms with van der Waals surface area (Å²) in [6, 6.07) is 10.8. The van der Waals surface area contributed by atoms with Crippen LogP contribution in [0.25, 0.3) is 0 Å². The van der Waals surface area contributed by atoms with Gasteiger partial charge in [-0.15, -0.1) is 0 Å². The maximum Gasteiger partial charge on any atom is 0.226 e. The van der Waals surface area contributed by atoms with E-state index in [0.717, 1.165) is 12.8 Å². The first-order chi connectivity index (χ1) is 10.2. The van der Waals surface area contributed by atoms with Gasteiger partial charge in [-0.3, -0.25) is 4.79 Å². The van der Waals surface area contributed by atoms with Gasteiger partial charge in [0.15, 0.2) is 0 Å². The Morgan fingerprint density at radius 3 is 2.95 bits per heavy atom. The molecular formula is C18H22N2O. The molecule has 0 saturated heterocycles. The van der Waals surface area contributed by atoms with Crippen LogP contribution in [0.2, 0.25) is 0 Å². The van der Waals surface area contributed by atoms with Crippen molar-refractivity contribution in [2.45, 2.75) is 32.6 Å². The van der Waals surface area contributed by atoms with E-state index in [0.29, 0.717) is 24.9 Å². The predicted octanol–water partition coefficient (Wildman–Crippen LogP) is 2.97. The topological polar surface area (TPSA) is 44.1 Å². The molecule has 1 fully saturated rings. The first kappa shape index (κ1) is 14.1. The molecule has 3 rings (SSSR count). The lowest BCUT2D eigenvalue weighted by molar-refractivity contribution is -0.133. The summed E-state index contributed by atoms with van der Waals surface area (Å²) in [6.07, 6.45) is 2.23. The summed E-state index contributed by atoms with van der Waals surface area (Å²) >= 11 is 0. The summed E-state index contributed by atoms with van der Waals surface area (Å²) in [5.74, 6) is 1.26. The highest BCUT2D eigenvalue weighted by Gasteiger charge is 2.57. The lowest BCUT2D eigenvalue weighted by Crippen LogP contribution is -2.36. The van der Waals surface area contributed by atoms with E-state index in [4.69, 9.17) is 5.26 Å². The third kappa shape index (κ3) is 2.44. The quantitative estimate of drug-likeness (QED) is 0.852. The predicted molar refractivity (Wildman–Crippen MR) is 81.5 cm³/mol. The summed E-state index contributed by atoms with van der Waals surface area (Å²) in [6.45, 7) is 5.14. The van der Waals surface area contributed by atoms with Crippen molar-refractivity contribution in [2.24, 2.45) is 17.8 Å². The first-order valence-electron chi connectivity index (χ1n) is 7.93. The van der Waals surface area contributed by atoms with Gasteiger partial charge in [0.2, 0.25) is 5.91 Å². The molecule has 2 aliphatic carbocycles. The Morgan fingerprint density at radius 2 is 2.24 bits per heavy atom. The molecular weight excluding hydrogens is 260 g/mol. The van der Waals surface area contributed by atoms with Crippen molar-refractivity contribution in [1.82, 2.24) is 4.90 Å². The lowest BCUT2D eigenvalue weighted by atomic mass is 9.92. The molecule has 1 amide bonds. The van der Waals surface area contributed by atoms with E-state index in [-0.39, 0.29) is 17.7 Å². The van der Waals surface area contributed by atoms with Crippen LogP contribution in [-0.2, 0) is 11.2 Å². The highest BCUT2D eigenvalue weighted by Crippen LogP contribution is 2.60. The molecule has 0 bridgehead atoms. The van der Waals surface area contributed by atoms with Gasteiger partial charge in [-0.05, 0) is 49.7 Å². The van der Waals surface area contributed by atoms with Gasteiger partial charge in [-0.25, -0.2) is 0 Å². The van der Waals surface area contributed by atoms with Crippen LogP contribution in [0, 0.1) is 29.1 Å². The number of fused-ring (bicyclic) bond motifs is 3. The molecule has 4 unspecified atom stereocenters. The minimum Gasteiger partial charge on any atom is -0.341 e. The lowest BCUT2D eigenvalue weighted by Gasteiger charge is -2.22. The molecule has 0 spiro atoms. The number of nitrogens with zero attached hydrogens (tertiary/aromatic N) is 2. The number of nitriles is 1. The first-order valence-corrected chi connectivity index (χ1v) is 7.93. The number of carbonyl (C=O) groups excluding carboxylic acids is 1. The van der Waals surface area contributed by atoms with Crippen molar-refractivity contribution in [2.75, 3.05) is 13.1 Å². The molecule has 1 aromatic rings. The molecule has 0 aliphatic heterocycles. The van der Waals surface area contributed by atoms with Crippen LogP contribution in [0.5, 0.6) is 0 Å². The fourth-order valence-corrected chi connectivity index (χ4v) is 3.86. The van der Waals surface area contributed by atoms with E-state index in [1.807, 2.05) is 18.7 Å². The molecule has 1 saturated carbocycles. The van der Waals surface area contributed by atoms with Crippen LogP contribution in [0.15, 0.2) is 24.3 Å².